The van der Waals surface area contributed by atoms with Crippen molar-refractivity contribution in [2.45, 2.75) is 17.7 Å². The maximum atomic E-state index is 4.43. The van der Waals surface area contributed by atoms with E-state index in [-0.39, 0.29) is 0 Å². The van der Waals surface area contributed by atoms with Crippen molar-refractivity contribution in [2.75, 3.05) is 6.54 Å². The molecule has 0 saturated carbocycles. The van der Waals surface area contributed by atoms with E-state index < -0.39 is 0 Å². The third-order valence-electron chi connectivity index (χ3n) is 2.24. The van der Waals surface area contributed by atoms with Gasteiger partial charge in [0.05, 0.1) is 0 Å². The van der Waals surface area contributed by atoms with Gasteiger partial charge < -0.3 is 5.32 Å². The molecule has 13 heavy (non-hydrogen) atoms. The summed E-state index contributed by atoms with van der Waals surface area (Å²) in [6.07, 6.45) is 4.65. The van der Waals surface area contributed by atoms with Crippen LogP contribution in [-0.2, 0) is 0 Å². The van der Waals surface area contributed by atoms with Gasteiger partial charge in [0.1, 0.15) is 0 Å². The van der Waals surface area contributed by atoms with E-state index >= 15 is 0 Å². The molecule has 0 radical (unpaired) electrons. The van der Waals surface area contributed by atoms with Gasteiger partial charge in [0.15, 0.2) is 0 Å². The highest BCUT2D eigenvalue weighted by molar-refractivity contribution is 7.80. The van der Waals surface area contributed by atoms with Gasteiger partial charge in [0.25, 0.3) is 0 Å². The minimum atomic E-state index is 1.04. The van der Waals surface area contributed by atoms with Crippen LogP contribution in [0.3, 0.4) is 0 Å². The van der Waals surface area contributed by atoms with Crippen LogP contribution in [0.15, 0.2) is 35.2 Å². The number of allylic oxidation sites excluding steroid dienone is 1. The van der Waals surface area contributed by atoms with Crippen molar-refractivity contribution in [3.8, 4) is 0 Å². The predicted octanol–water partition coefficient (Wildman–Crippen LogP) is 2.70. The SMILES string of the molecule is Sc1ccccc1C1=CCCCN1. The monoisotopic (exact) mass is 191 g/mol. The summed E-state index contributed by atoms with van der Waals surface area (Å²) in [5, 5.41) is 3.39. The average molecular weight is 191 g/mol. The lowest BCUT2D eigenvalue weighted by Gasteiger charge is -2.16. The van der Waals surface area contributed by atoms with Crippen LogP contribution in [0, 0.1) is 0 Å². The Bertz CT molecular complexity index is 331. The first-order valence-electron chi connectivity index (χ1n) is 4.60. The highest BCUT2D eigenvalue weighted by Crippen LogP contribution is 2.22. The van der Waals surface area contributed by atoms with Crippen molar-refractivity contribution in [1.29, 1.82) is 0 Å². The summed E-state index contributed by atoms with van der Waals surface area (Å²) < 4.78 is 0. The standard InChI is InChI=1S/C11H13NS/c13-11-7-2-1-5-9(11)10-6-3-4-8-12-10/h1-2,5-7,12-13H,3-4,8H2. The lowest BCUT2D eigenvalue weighted by Crippen LogP contribution is -2.17. The van der Waals surface area contributed by atoms with E-state index in [1.54, 1.807) is 0 Å². The summed E-state index contributed by atoms with van der Waals surface area (Å²) >= 11 is 4.43. The zero-order valence-corrected chi connectivity index (χ0v) is 8.35. The maximum Gasteiger partial charge on any atom is 0.0384 e. The van der Waals surface area contributed by atoms with Gasteiger partial charge in [-0.2, -0.15) is 0 Å². The Balaban J connectivity index is 2.34. The molecule has 0 unspecified atom stereocenters. The Morgan fingerprint density at radius 3 is 2.77 bits per heavy atom. The third kappa shape index (κ3) is 1.89. The van der Waals surface area contributed by atoms with Crippen molar-refractivity contribution >= 4 is 18.3 Å². The summed E-state index contributed by atoms with van der Waals surface area (Å²) in [6.45, 7) is 1.08. The van der Waals surface area contributed by atoms with Gasteiger partial charge in [-0.25, -0.2) is 0 Å². The molecule has 0 atom stereocenters. The molecule has 1 heterocycles. The van der Waals surface area contributed by atoms with E-state index in [0.29, 0.717) is 0 Å². The lowest BCUT2D eigenvalue weighted by molar-refractivity contribution is 0.742. The number of hydrogen-bond donors (Lipinski definition) is 2. The normalized spacial score (nSPS) is 16.2. The van der Waals surface area contributed by atoms with E-state index in [1.807, 2.05) is 18.2 Å². The molecule has 1 aromatic carbocycles. The summed E-state index contributed by atoms with van der Waals surface area (Å²) in [5.41, 5.74) is 2.45. The first-order valence-corrected chi connectivity index (χ1v) is 5.05. The molecule has 1 aromatic rings. The zero-order chi connectivity index (χ0) is 9.10. The van der Waals surface area contributed by atoms with E-state index in [4.69, 9.17) is 0 Å². The first-order chi connectivity index (χ1) is 6.38. The molecule has 1 aliphatic rings. The van der Waals surface area contributed by atoms with Crippen molar-refractivity contribution in [3.05, 3.63) is 35.9 Å². The third-order valence-corrected chi connectivity index (χ3v) is 2.63. The van der Waals surface area contributed by atoms with E-state index in [2.05, 4.69) is 30.1 Å². The fourth-order valence-corrected chi connectivity index (χ4v) is 1.83. The second kappa shape index (κ2) is 3.88. The molecule has 2 rings (SSSR count). The van der Waals surface area contributed by atoms with Gasteiger partial charge in [0.2, 0.25) is 0 Å². The highest BCUT2D eigenvalue weighted by atomic mass is 32.1. The Morgan fingerprint density at radius 1 is 1.23 bits per heavy atom. The minimum absolute atomic E-state index is 1.04. The van der Waals surface area contributed by atoms with Gasteiger partial charge in [-0.05, 0) is 18.9 Å². The van der Waals surface area contributed by atoms with Crippen LogP contribution < -0.4 is 5.32 Å². The Morgan fingerprint density at radius 2 is 2.08 bits per heavy atom. The maximum absolute atomic E-state index is 4.43. The van der Waals surface area contributed by atoms with Gasteiger partial charge in [-0.3, -0.25) is 0 Å². The van der Waals surface area contributed by atoms with Crippen LogP contribution in [0.4, 0.5) is 0 Å². The molecule has 0 aromatic heterocycles. The predicted molar refractivity (Wildman–Crippen MR) is 58.9 cm³/mol. The minimum Gasteiger partial charge on any atom is -0.385 e. The summed E-state index contributed by atoms with van der Waals surface area (Å²) in [5.74, 6) is 0. The molecule has 0 saturated heterocycles. The summed E-state index contributed by atoms with van der Waals surface area (Å²) in [4.78, 5) is 1.04. The molecular weight excluding hydrogens is 178 g/mol. The van der Waals surface area contributed by atoms with Crippen LogP contribution in [-0.4, -0.2) is 6.54 Å². The fraction of sp³-hybridized carbons (Fsp3) is 0.273. The molecule has 0 amide bonds. The number of hydrogen-bond acceptors (Lipinski definition) is 2. The Labute approximate surface area is 84.3 Å². The molecule has 1 aliphatic heterocycles. The molecule has 2 heteroatoms. The summed E-state index contributed by atoms with van der Waals surface area (Å²) in [7, 11) is 0. The van der Waals surface area contributed by atoms with Crippen LogP contribution >= 0.6 is 12.6 Å². The molecule has 0 fully saturated rings. The van der Waals surface area contributed by atoms with Crippen LogP contribution in [0.1, 0.15) is 18.4 Å². The topological polar surface area (TPSA) is 12.0 Å². The van der Waals surface area contributed by atoms with Crippen LogP contribution in [0.5, 0.6) is 0 Å². The second-order valence-corrected chi connectivity index (χ2v) is 3.69. The van der Waals surface area contributed by atoms with Crippen molar-refractivity contribution < 1.29 is 0 Å². The van der Waals surface area contributed by atoms with E-state index in [9.17, 15) is 0 Å². The first kappa shape index (κ1) is 8.70. The number of rotatable bonds is 1. The van der Waals surface area contributed by atoms with Crippen LogP contribution in [0.2, 0.25) is 0 Å². The molecule has 0 bridgehead atoms. The molecule has 0 spiro atoms. The van der Waals surface area contributed by atoms with Gasteiger partial charge >= 0.3 is 0 Å². The average Bonchev–Trinajstić information content (AvgIpc) is 2.20. The second-order valence-electron chi connectivity index (χ2n) is 3.20. The smallest absolute Gasteiger partial charge is 0.0384 e. The Hall–Kier alpha value is -0.890. The fourth-order valence-electron chi connectivity index (χ4n) is 1.55. The lowest BCUT2D eigenvalue weighted by atomic mass is 10.1. The Kier molecular flexibility index (Phi) is 2.60. The quantitative estimate of drug-likeness (QED) is 0.650. The van der Waals surface area contributed by atoms with Gasteiger partial charge in [-0.1, -0.05) is 24.3 Å². The molecule has 1 nitrogen and oxygen atoms in total. The van der Waals surface area contributed by atoms with Crippen LogP contribution in [0.25, 0.3) is 5.70 Å². The van der Waals surface area contributed by atoms with Gasteiger partial charge in [0, 0.05) is 22.7 Å². The number of benzene rings is 1. The molecule has 1 N–H and O–H groups in total. The van der Waals surface area contributed by atoms with Crippen molar-refractivity contribution in [3.63, 3.8) is 0 Å². The number of thiol groups is 1. The zero-order valence-electron chi connectivity index (χ0n) is 7.46. The van der Waals surface area contributed by atoms with E-state index in [1.165, 1.54) is 24.1 Å². The van der Waals surface area contributed by atoms with E-state index in [0.717, 1.165) is 11.4 Å². The van der Waals surface area contributed by atoms with Crippen molar-refractivity contribution in [1.82, 2.24) is 5.32 Å². The molecule has 0 aliphatic carbocycles. The molecular formula is C11H13NS. The largest absolute Gasteiger partial charge is 0.385 e. The molecule has 68 valence electrons. The van der Waals surface area contributed by atoms with Gasteiger partial charge in [-0.15, -0.1) is 12.6 Å². The summed E-state index contributed by atoms with van der Waals surface area (Å²) in [6, 6.07) is 8.18. The number of nitrogens with one attached hydrogen (secondary N) is 1. The van der Waals surface area contributed by atoms with Crippen molar-refractivity contribution in [2.24, 2.45) is 0 Å². The highest BCUT2D eigenvalue weighted by Gasteiger charge is 2.06.